The second-order valence-electron chi connectivity index (χ2n) is 5.34. The molecule has 2 atom stereocenters. The molecule has 0 aliphatic heterocycles. The summed E-state index contributed by atoms with van der Waals surface area (Å²) in [5.41, 5.74) is 1.40. The van der Waals surface area contributed by atoms with Crippen LogP contribution in [0.2, 0.25) is 0 Å². The number of allylic oxidation sites excluding steroid dienone is 1. The third-order valence-electron chi connectivity index (χ3n) is 3.57. The van der Waals surface area contributed by atoms with Gasteiger partial charge in [0, 0.05) is 12.1 Å². The molecule has 1 aliphatic rings. The Bertz CT molecular complexity index is 252. The maximum absolute atomic E-state index is 4.29. The highest BCUT2D eigenvalue weighted by molar-refractivity contribution is 5.11. The minimum absolute atomic E-state index is 0.535. The van der Waals surface area contributed by atoms with Crippen LogP contribution in [0.15, 0.2) is 24.3 Å². The molecule has 0 radical (unpaired) electrons. The fraction of sp³-hybridized carbons (Fsp3) is 0.733. The van der Waals surface area contributed by atoms with Crippen LogP contribution in [0.5, 0.6) is 0 Å². The molecule has 0 aromatic heterocycles. The first-order valence-corrected chi connectivity index (χ1v) is 6.64. The van der Waals surface area contributed by atoms with E-state index in [1.54, 1.807) is 0 Å². The molecule has 1 aliphatic carbocycles. The normalized spacial score (nSPS) is 22.0. The average molecular weight is 221 g/mol. The second-order valence-corrected chi connectivity index (χ2v) is 5.34. The Hall–Kier alpha value is -0.560. The Morgan fingerprint density at radius 3 is 2.62 bits per heavy atom. The first kappa shape index (κ1) is 13.5. The fourth-order valence-corrected chi connectivity index (χ4v) is 2.86. The molecule has 2 unspecified atom stereocenters. The number of hydrogen-bond acceptors (Lipinski definition) is 1. The summed E-state index contributed by atoms with van der Waals surface area (Å²) in [6.07, 6.45) is 9.54. The van der Waals surface area contributed by atoms with E-state index < -0.39 is 0 Å². The summed E-state index contributed by atoms with van der Waals surface area (Å²) >= 11 is 0. The SMILES string of the molecule is C=C(CCC)C(C(C)C)N(C)C1C=CCC1. The van der Waals surface area contributed by atoms with Crippen LogP contribution in [0.3, 0.4) is 0 Å². The van der Waals surface area contributed by atoms with Crippen molar-refractivity contribution in [2.75, 3.05) is 7.05 Å². The van der Waals surface area contributed by atoms with Gasteiger partial charge in [-0.15, -0.1) is 0 Å². The van der Waals surface area contributed by atoms with Gasteiger partial charge in [-0.05, 0) is 32.2 Å². The van der Waals surface area contributed by atoms with E-state index in [9.17, 15) is 0 Å². The molecule has 1 heteroatoms. The topological polar surface area (TPSA) is 3.24 Å². The molecule has 0 aromatic carbocycles. The molecule has 1 rings (SSSR count). The minimum atomic E-state index is 0.535. The Morgan fingerprint density at radius 2 is 2.19 bits per heavy atom. The smallest absolute Gasteiger partial charge is 0.0330 e. The maximum atomic E-state index is 4.29. The van der Waals surface area contributed by atoms with E-state index in [1.807, 2.05) is 0 Å². The predicted octanol–water partition coefficient (Wildman–Crippen LogP) is 4.02. The Labute approximate surface area is 101 Å². The van der Waals surface area contributed by atoms with Crippen molar-refractivity contribution in [3.8, 4) is 0 Å². The molecule has 92 valence electrons. The highest BCUT2D eigenvalue weighted by Gasteiger charge is 2.26. The summed E-state index contributed by atoms with van der Waals surface area (Å²) in [5, 5.41) is 0. The number of nitrogens with zero attached hydrogens (tertiary/aromatic N) is 1. The molecule has 0 N–H and O–H groups in total. The standard InChI is InChI=1S/C15H27N/c1-6-9-13(4)15(12(2)3)16(5)14-10-7-8-11-14/h7,10,12,14-15H,4,6,8-9,11H2,1-3,5H3. The van der Waals surface area contributed by atoms with E-state index in [1.165, 1.54) is 24.8 Å². The van der Waals surface area contributed by atoms with Crippen molar-refractivity contribution in [1.29, 1.82) is 0 Å². The van der Waals surface area contributed by atoms with Gasteiger partial charge in [0.15, 0.2) is 0 Å². The second kappa shape index (κ2) is 6.24. The summed E-state index contributed by atoms with van der Waals surface area (Å²) in [7, 11) is 2.26. The van der Waals surface area contributed by atoms with Gasteiger partial charge in [-0.1, -0.05) is 51.5 Å². The van der Waals surface area contributed by atoms with Gasteiger partial charge >= 0.3 is 0 Å². The molecule has 0 saturated heterocycles. The van der Waals surface area contributed by atoms with Crippen molar-refractivity contribution in [2.24, 2.45) is 5.92 Å². The molecule has 0 amide bonds. The lowest BCUT2D eigenvalue weighted by Gasteiger charge is -2.36. The molecule has 0 fully saturated rings. The molecule has 1 nitrogen and oxygen atoms in total. The Balaban J connectivity index is 2.68. The van der Waals surface area contributed by atoms with Crippen LogP contribution >= 0.6 is 0 Å². The molecule has 0 spiro atoms. The van der Waals surface area contributed by atoms with Gasteiger partial charge in [-0.25, -0.2) is 0 Å². The van der Waals surface area contributed by atoms with Gasteiger partial charge in [0.05, 0.1) is 0 Å². The Morgan fingerprint density at radius 1 is 1.50 bits per heavy atom. The van der Waals surface area contributed by atoms with Crippen LogP contribution in [-0.2, 0) is 0 Å². The van der Waals surface area contributed by atoms with Gasteiger partial charge in [0.2, 0.25) is 0 Å². The zero-order chi connectivity index (χ0) is 12.1. The maximum Gasteiger partial charge on any atom is 0.0330 e. The van der Waals surface area contributed by atoms with Crippen molar-refractivity contribution in [3.05, 3.63) is 24.3 Å². The molecule has 0 aromatic rings. The van der Waals surface area contributed by atoms with E-state index in [2.05, 4.69) is 51.4 Å². The summed E-state index contributed by atoms with van der Waals surface area (Å²) in [4.78, 5) is 2.52. The molecule has 0 bridgehead atoms. The van der Waals surface area contributed by atoms with Crippen molar-refractivity contribution < 1.29 is 0 Å². The van der Waals surface area contributed by atoms with Crippen LogP contribution in [0.25, 0.3) is 0 Å². The van der Waals surface area contributed by atoms with E-state index in [0.29, 0.717) is 18.0 Å². The van der Waals surface area contributed by atoms with Crippen LogP contribution in [0.1, 0.15) is 46.5 Å². The first-order valence-electron chi connectivity index (χ1n) is 6.64. The van der Waals surface area contributed by atoms with Crippen molar-refractivity contribution in [2.45, 2.75) is 58.5 Å². The third kappa shape index (κ3) is 3.21. The minimum Gasteiger partial charge on any atom is -0.293 e. The van der Waals surface area contributed by atoms with Crippen molar-refractivity contribution >= 4 is 0 Å². The van der Waals surface area contributed by atoms with Crippen LogP contribution < -0.4 is 0 Å². The summed E-state index contributed by atoms with van der Waals surface area (Å²) < 4.78 is 0. The number of likely N-dealkylation sites (N-methyl/N-ethyl adjacent to an activating group) is 1. The number of rotatable bonds is 6. The lowest BCUT2D eigenvalue weighted by molar-refractivity contribution is 0.182. The molecule has 0 heterocycles. The lowest BCUT2D eigenvalue weighted by Crippen LogP contribution is -2.42. The molecule has 0 saturated carbocycles. The lowest BCUT2D eigenvalue weighted by atomic mass is 9.91. The van der Waals surface area contributed by atoms with Gasteiger partial charge < -0.3 is 0 Å². The molecular weight excluding hydrogens is 194 g/mol. The summed E-state index contributed by atoms with van der Waals surface area (Å²) in [6.45, 7) is 11.1. The fourth-order valence-electron chi connectivity index (χ4n) is 2.86. The molecular formula is C15H27N. The summed E-state index contributed by atoms with van der Waals surface area (Å²) in [6, 6.07) is 1.16. The van der Waals surface area contributed by atoms with Crippen LogP contribution in [0.4, 0.5) is 0 Å². The largest absolute Gasteiger partial charge is 0.293 e. The van der Waals surface area contributed by atoms with Crippen LogP contribution in [-0.4, -0.2) is 24.0 Å². The predicted molar refractivity (Wildman–Crippen MR) is 72.6 cm³/mol. The van der Waals surface area contributed by atoms with E-state index >= 15 is 0 Å². The summed E-state index contributed by atoms with van der Waals surface area (Å²) in [5.74, 6) is 0.651. The zero-order valence-electron chi connectivity index (χ0n) is 11.4. The third-order valence-corrected chi connectivity index (χ3v) is 3.57. The molecule has 16 heavy (non-hydrogen) atoms. The van der Waals surface area contributed by atoms with E-state index in [0.717, 1.165) is 6.42 Å². The Kier molecular flexibility index (Phi) is 5.27. The average Bonchev–Trinajstić information content (AvgIpc) is 2.70. The van der Waals surface area contributed by atoms with Gasteiger partial charge in [0.1, 0.15) is 0 Å². The monoisotopic (exact) mass is 221 g/mol. The van der Waals surface area contributed by atoms with Gasteiger partial charge in [-0.2, -0.15) is 0 Å². The van der Waals surface area contributed by atoms with Gasteiger partial charge in [-0.3, -0.25) is 4.90 Å². The van der Waals surface area contributed by atoms with Crippen molar-refractivity contribution in [3.63, 3.8) is 0 Å². The quantitative estimate of drug-likeness (QED) is 0.612. The first-order chi connectivity index (χ1) is 7.57. The van der Waals surface area contributed by atoms with Crippen LogP contribution in [0, 0.1) is 5.92 Å². The van der Waals surface area contributed by atoms with E-state index in [-0.39, 0.29) is 0 Å². The van der Waals surface area contributed by atoms with E-state index in [4.69, 9.17) is 0 Å². The van der Waals surface area contributed by atoms with Gasteiger partial charge in [0.25, 0.3) is 0 Å². The zero-order valence-corrected chi connectivity index (χ0v) is 11.4. The highest BCUT2D eigenvalue weighted by atomic mass is 15.2. The van der Waals surface area contributed by atoms with Crippen molar-refractivity contribution in [1.82, 2.24) is 4.90 Å². The number of hydrogen-bond donors (Lipinski definition) is 0. The highest BCUT2D eigenvalue weighted by Crippen LogP contribution is 2.26.